The minimum Gasteiger partial charge on any atom is -0.444 e. The molecule has 2 aromatic carbocycles. The lowest BCUT2D eigenvalue weighted by molar-refractivity contribution is 0.0286. The first-order chi connectivity index (χ1) is 11.3. The Morgan fingerprint density at radius 2 is 1.92 bits per heavy atom. The molecule has 0 bridgehead atoms. The molecule has 2 atom stereocenters. The Bertz CT molecular complexity index is 736. The van der Waals surface area contributed by atoms with Crippen LogP contribution in [0.1, 0.15) is 38.8 Å². The number of nitrogens with zero attached hydrogens (tertiary/aromatic N) is 1. The van der Waals surface area contributed by atoms with Crippen LogP contribution < -0.4 is 5.73 Å². The maximum absolute atomic E-state index is 12.2. The van der Waals surface area contributed by atoms with E-state index < -0.39 is 5.60 Å². The number of carbonyl (C=O) groups excluding carboxylic acids is 1. The van der Waals surface area contributed by atoms with Gasteiger partial charge >= 0.3 is 6.09 Å². The Labute approximate surface area is 143 Å². The predicted octanol–water partition coefficient (Wildman–Crippen LogP) is 4.10. The van der Waals surface area contributed by atoms with Crippen LogP contribution in [0.4, 0.5) is 4.79 Å². The first-order valence-corrected chi connectivity index (χ1v) is 8.56. The third-order valence-electron chi connectivity index (χ3n) is 4.54. The molecule has 0 saturated carbocycles. The van der Waals surface area contributed by atoms with Crippen LogP contribution in [0.3, 0.4) is 0 Å². The molecule has 1 aliphatic heterocycles. The van der Waals surface area contributed by atoms with E-state index in [0.717, 1.165) is 12.0 Å². The van der Waals surface area contributed by atoms with Gasteiger partial charge in [-0.25, -0.2) is 4.79 Å². The third kappa shape index (κ3) is 3.70. The molecule has 2 N–H and O–H groups in total. The lowest BCUT2D eigenvalue weighted by Crippen LogP contribution is -2.36. The largest absolute Gasteiger partial charge is 0.444 e. The van der Waals surface area contributed by atoms with Crippen molar-refractivity contribution in [3.8, 4) is 0 Å². The van der Waals surface area contributed by atoms with Gasteiger partial charge < -0.3 is 15.4 Å². The van der Waals surface area contributed by atoms with Crippen molar-refractivity contribution in [1.82, 2.24) is 4.90 Å². The molecule has 3 rings (SSSR count). The molecular formula is C20H26N2O2. The molecule has 2 unspecified atom stereocenters. The van der Waals surface area contributed by atoms with Gasteiger partial charge in [-0.3, -0.25) is 0 Å². The number of hydrogen-bond donors (Lipinski definition) is 1. The van der Waals surface area contributed by atoms with Gasteiger partial charge in [0.25, 0.3) is 0 Å². The zero-order valence-electron chi connectivity index (χ0n) is 14.7. The molecule has 0 aromatic heterocycles. The second-order valence-corrected chi connectivity index (χ2v) is 7.61. The second kappa shape index (κ2) is 6.44. The molecule has 0 radical (unpaired) electrons. The summed E-state index contributed by atoms with van der Waals surface area (Å²) in [5, 5.41) is 2.42. The highest BCUT2D eigenvalue weighted by Crippen LogP contribution is 2.30. The Kier molecular flexibility index (Phi) is 4.50. The van der Waals surface area contributed by atoms with E-state index in [1.807, 2.05) is 32.9 Å². The molecule has 4 heteroatoms. The highest BCUT2D eigenvalue weighted by molar-refractivity contribution is 5.83. The molecular weight excluding hydrogens is 300 g/mol. The average molecular weight is 326 g/mol. The van der Waals surface area contributed by atoms with Crippen LogP contribution in [0.2, 0.25) is 0 Å². The van der Waals surface area contributed by atoms with Crippen molar-refractivity contribution in [2.45, 2.75) is 38.8 Å². The van der Waals surface area contributed by atoms with E-state index in [2.05, 4.69) is 30.3 Å². The van der Waals surface area contributed by atoms with Gasteiger partial charge in [-0.15, -0.1) is 0 Å². The smallest absolute Gasteiger partial charge is 0.410 e. The number of carbonyl (C=O) groups is 1. The normalized spacial score (nSPS) is 19.5. The lowest BCUT2D eigenvalue weighted by atomic mass is 9.92. The second-order valence-electron chi connectivity index (χ2n) is 7.61. The summed E-state index contributed by atoms with van der Waals surface area (Å²) in [5.41, 5.74) is 7.17. The van der Waals surface area contributed by atoms with Crippen molar-refractivity contribution in [3.05, 3.63) is 48.0 Å². The molecule has 0 spiro atoms. The van der Waals surface area contributed by atoms with Crippen LogP contribution in [0, 0.1) is 5.92 Å². The van der Waals surface area contributed by atoms with E-state index in [0.29, 0.717) is 13.1 Å². The van der Waals surface area contributed by atoms with Crippen LogP contribution in [0.25, 0.3) is 10.8 Å². The van der Waals surface area contributed by atoms with Gasteiger partial charge in [0, 0.05) is 19.1 Å². The summed E-state index contributed by atoms with van der Waals surface area (Å²) in [4.78, 5) is 14.0. The quantitative estimate of drug-likeness (QED) is 0.904. The van der Waals surface area contributed by atoms with Gasteiger partial charge in [-0.2, -0.15) is 0 Å². The number of fused-ring (bicyclic) bond motifs is 1. The monoisotopic (exact) mass is 326 g/mol. The van der Waals surface area contributed by atoms with Crippen LogP contribution in [-0.2, 0) is 4.74 Å². The summed E-state index contributed by atoms with van der Waals surface area (Å²) in [6.07, 6.45) is 0.670. The fraction of sp³-hybridized carbons (Fsp3) is 0.450. The molecule has 4 nitrogen and oxygen atoms in total. The van der Waals surface area contributed by atoms with Crippen molar-refractivity contribution < 1.29 is 9.53 Å². The van der Waals surface area contributed by atoms with Crippen molar-refractivity contribution >= 4 is 16.9 Å². The van der Waals surface area contributed by atoms with E-state index in [1.165, 1.54) is 10.8 Å². The number of amides is 1. The van der Waals surface area contributed by atoms with Gasteiger partial charge in [0.15, 0.2) is 0 Å². The maximum atomic E-state index is 12.2. The van der Waals surface area contributed by atoms with E-state index in [4.69, 9.17) is 10.5 Å². The van der Waals surface area contributed by atoms with Crippen LogP contribution in [0.5, 0.6) is 0 Å². The Morgan fingerprint density at radius 3 is 2.62 bits per heavy atom. The summed E-state index contributed by atoms with van der Waals surface area (Å²) in [6, 6.07) is 14.6. The van der Waals surface area contributed by atoms with E-state index in [-0.39, 0.29) is 18.1 Å². The van der Waals surface area contributed by atoms with E-state index in [9.17, 15) is 4.79 Å². The molecule has 1 amide bonds. The molecule has 1 aliphatic rings. The molecule has 128 valence electrons. The topological polar surface area (TPSA) is 55.6 Å². The van der Waals surface area contributed by atoms with Gasteiger partial charge in [0.1, 0.15) is 5.60 Å². The predicted molar refractivity (Wildman–Crippen MR) is 96.8 cm³/mol. The van der Waals surface area contributed by atoms with E-state index >= 15 is 0 Å². The van der Waals surface area contributed by atoms with Crippen molar-refractivity contribution in [1.29, 1.82) is 0 Å². The summed E-state index contributed by atoms with van der Waals surface area (Å²) in [6.45, 7) is 7.03. The molecule has 2 aromatic rings. The van der Waals surface area contributed by atoms with Gasteiger partial charge in [0.05, 0.1) is 0 Å². The van der Waals surface area contributed by atoms with Gasteiger partial charge in [-0.05, 0) is 55.5 Å². The number of likely N-dealkylation sites (tertiary alicyclic amines) is 1. The highest BCUT2D eigenvalue weighted by Gasteiger charge is 2.33. The zero-order chi connectivity index (χ0) is 17.3. The van der Waals surface area contributed by atoms with Gasteiger partial charge in [-0.1, -0.05) is 36.4 Å². The van der Waals surface area contributed by atoms with Crippen LogP contribution in [0.15, 0.2) is 42.5 Å². The summed E-state index contributed by atoms with van der Waals surface area (Å²) < 4.78 is 5.46. The summed E-state index contributed by atoms with van der Waals surface area (Å²) >= 11 is 0. The number of nitrogens with two attached hydrogens (primary N) is 1. The summed E-state index contributed by atoms with van der Waals surface area (Å²) in [5.74, 6) is 0.263. The van der Waals surface area contributed by atoms with Crippen molar-refractivity contribution in [3.63, 3.8) is 0 Å². The van der Waals surface area contributed by atoms with E-state index in [1.54, 1.807) is 4.90 Å². The molecule has 0 aliphatic carbocycles. The fourth-order valence-electron chi connectivity index (χ4n) is 3.26. The summed E-state index contributed by atoms with van der Waals surface area (Å²) in [7, 11) is 0. The lowest BCUT2D eigenvalue weighted by Gasteiger charge is -2.25. The van der Waals surface area contributed by atoms with Crippen LogP contribution >= 0.6 is 0 Å². The van der Waals surface area contributed by atoms with Crippen molar-refractivity contribution in [2.75, 3.05) is 13.1 Å². The molecule has 24 heavy (non-hydrogen) atoms. The Hall–Kier alpha value is -2.07. The molecule has 1 fully saturated rings. The first kappa shape index (κ1) is 16.8. The SMILES string of the molecule is CC(C)(C)OC(=O)N1CCC(C(N)c2ccc3ccccc3c2)C1. The number of rotatable bonds is 2. The minimum atomic E-state index is -0.463. The third-order valence-corrected chi connectivity index (χ3v) is 4.54. The molecule has 1 heterocycles. The number of benzene rings is 2. The highest BCUT2D eigenvalue weighted by atomic mass is 16.6. The Morgan fingerprint density at radius 1 is 1.21 bits per heavy atom. The van der Waals surface area contributed by atoms with Gasteiger partial charge in [0.2, 0.25) is 0 Å². The average Bonchev–Trinajstić information content (AvgIpc) is 3.02. The molecule has 1 saturated heterocycles. The fourth-order valence-corrected chi connectivity index (χ4v) is 3.26. The maximum Gasteiger partial charge on any atom is 0.410 e. The number of ether oxygens (including phenoxy) is 1. The minimum absolute atomic E-state index is 0.0676. The van der Waals surface area contributed by atoms with Crippen molar-refractivity contribution in [2.24, 2.45) is 11.7 Å². The zero-order valence-corrected chi connectivity index (χ0v) is 14.7. The number of hydrogen-bond acceptors (Lipinski definition) is 3. The van der Waals surface area contributed by atoms with Crippen LogP contribution in [-0.4, -0.2) is 29.7 Å². The first-order valence-electron chi connectivity index (χ1n) is 8.56. The Balaban J connectivity index is 1.69. The standard InChI is InChI=1S/C20H26N2O2/c1-20(2,3)24-19(23)22-11-10-17(13-22)18(21)16-9-8-14-6-4-5-7-15(14)12-16/h4-9,12,17-18H,10-11,13,21H2,1-3H3.